The number of anilines is 1. The van der Waals surface area contributed by atoms with Crippen LogP contribution < -0.4 is 5.32 Å². The third kappa shape index (κ3) is 3.64. The summed E-state index contributed by atoms with van der Waals surface area (Å²) in [7, 11) is 0. The molecule has 0 aliphatic carbocycles. The molecule has 0 spiro atoms. The number of imidazole rings is 1. The van der Waals surface area contributed by atoms with E-state index in [1.807, 2.05) is 52.9 Å². The zero-order valence-corrected chi connectivity index (χ0v) is 17.2. The third-order valence-corrected chi connectivity index (χ3v) is 5.89. The highest BCUT2D eigenvalue weighted by atomic mass is 32.2. The minimum Gasteiger partial charge on any atom is -0.325 e. The molecule has 0 aliphatic heterocycles. The van der Waals surface area contributed by atoms with E-state index in [9.17, 15) is 18.0 Å². The Bertz CT molecular complexity index is 1480. The first kappa shape index (κ1) is 20.3. The maximum atomic E-state index is 13.2. The first-order chi connectivity index (χ1) is 15.4. The van der Waals surface area contributed by atoms with E-state index in [2.05, 4.69) is 10.3 Å². The number of hydrogen-bond donors (Lipinski definition) is 1. The molecule has 2 heterocycles. The number of hydrogen-bond acceptors (Lipinski definition) is 4. The van der Waals surface area contributed by atoms with Crippen molar-refractivity contribution >= 4 is 50.9 Å². The Morgan fingerprint density at radius 3 is 2.41 bits per heavy atom. The van der Waals surface area contributed by atoms with Gasteiger partial charge in [-0.15, -0.1) is 0 Å². The van der Waals surface area contributed by atoms with Crippen molar-refractivity contribution in [2.75, 3.05) is 11.1 Å². The first-order valence-corrected chi connectivity index (χ1v) is 10.7. The van der Waals surface area contributed by atoms with Gasteiger partial charge in [-0.1, -0.05) is 48.2 Å². The number of aromatic nitrogens is 3. The Hall–Kier alpha value is -3.59. The molecule has 0 bridgehead atoms. The molecule has 1 N–H and O–H groups in total. The van der Waals surface area contributed by atoms with Gasteiger partial charge in [0.2, 0.25) is 5.91 Å². The van der Waals surface area contributed by atoms with Crippen LogP contribution in [0, 0.1) is 0 Å². The van der Waals surface area contributed by atoms with Crippen molar-refractivity contribution < 1.29 is 18.0 Å². The fourth-order valence-electron chi connectivity index (χ4n) is 3.57. The third-order valence-electron chi connectivity index (χ3n) is 4.95. The Kier molecular flexibility index (Phi) is 4.97. The molecule has 5 rings (SSSR count). The lowest BCUT2D eigenvalue weighted by Gasteiger charge is -2.13. The van der Waals surface area contributed by atoms with Crippen LogP contribution in [0.25, 0.3) is 27.6 Å². The molecule has 9 heteroatoms. The molecule has 0 fully saturated rings. The molecule has 5 aromatic rings. The summed E-state index contributed by atoms with van der Waals surface area (Å²) in [5, 5.41) is 3.78. The highest BCUT2D eigenvalue weighted by Crippen LogP contribution is 2.35. The number of halogens is 3. The van der Waals surface area contributed by atoms with Crippen LogP contribution in [0.5, 0.6) is 0 Å². The van der Waals surface area contributed by atoms with Crippen molar-refractivity contribution in [2.45, 2.75) is 11.3 Å². The molecule has 160 valence electrons. The van der Waals surface area contributed by atoms with E-state index in [0.29, 0.717) is 10.8 Å². The zero-order valence-electron chi connectivity index (χ0n) is 16.4. The van der Waals surface area contributed by atoms with Gasteiger partial charge in [-0.3, -0.25) is 9.20 Å². The molecular formula is C23H15F3N4OS. The molecule has 0 radical (unpaired) electrons. The molecule has 5 nitrogen and oxygen atoms in total. The van der Waals surface area contributed by atoms with E-state index < -0.39 is 17.6 Å². The van der Waals surface area contributed by atoms with Gasteiger partial charge in [0.05, 0.1) is 33.6 Å². The highest BCUT2D eigenvalue weighted by molar-refractivity contribution is 7.99. The average Bonchev–Trinajstić information content (AvgIpc) is 3.17. The molecule has 0 atom stereocenters. The Morgan fingerprint density at radius 1 is 0.906 bits per heavy atom. The average molecular weight is 452 g/mol. The number of nitrogens with one attached hydrogen (secondary N) is 1. The molecule has 2 aromatic heterocycles. The van der Waals surface area contributed by atoms with Gasteiger partial charge >= 0.3 is 6.18 Å². The number of carbonyl (C=O) groups excluding carboxylic acids is 1. The lowest BCUT2D eigenvalue weighted by Crippen LogP contribution is -2.18. The van der Waals surface area contributed by atoms with Crippen molar-refractivity contribution in [2.24, 2.45) is 0 Å². The number of alkyl halides is 3. The number of benzene rings is 3. The van der Waals surface area contributed by atoms with Crippen LogP contribution in [0.2, 0.25) is 0 Å². The van der Waals surface area contributed by atoms with Gasteiger partial charge in [-0.05, 0) is 36.4 Å². The Balaban J connectivity index is 1.49. The van der Waals surface area contributed by atoms with Crippen LogP contribution in [0.4, 0.5) is 18.9 Å². The van der Waals surface area contributed by atoms with Crippen LogP contribution in [0.15, 0.2) is 78.0 Å². The largest absolute Gasteiger partial charge is 0.418 e. The van der Waals surface area contributed by atoms with Crippen LogP contribution in [-0.4, -0.2) is 26.0 Å². The van der Waals surface area contributed by atoms with Gasteiger partial charge in [0.15, 0.2) is 5.16 Å². The summed E-state index contributed by atoms with van der Waals surface area (Å²) >= 11 is 1.14. The van der Waals surface area contributed by atoms with Crippen LogP contribution in [0.3, 0.4) is 0 Å². The van der Waals surface area contributed by atoms with Gasteiger partial charge in [0, 0.05) is 5.39 Å². The summed E-state index contributed by atoms with van der Waals surface area (Å²) in [6.07, 6.45) is -4.56. The lowest BCUT2D eigenvalue weighted by molar-refractivity contribution is -0.137. The quantitative estimate of drug-likeness (QED) is 0.277. The number of para-hydroxylation sites is 4. The molecule has 0 saturated heterocycles. The molecular weight excluding hydrogens is 437 g/mol. The Morgan fingerprint density at radius 2 is 1.59 bits per heavy atom. The maximum absolute atomic E-state index is 13.2. The summed E-state index contributed by atoms with van der Waals surface area (Å²) in [4.78, 5) is 21.9. The number of rotatable bonds is 4. The number of nitrogens with zero attached hydrogens (tertiary/aromatic N) is 3. The molecule has 0 saturated carbocycles. The van der Waals surface area contributed by atoms with Crippen molar-refractivity contribution in [3.63, 3.8) is 0 Å². The predicted molar refractivity (Wildman–Crippen MR) is 119 cm³/mol. The van der Waals surface area contributed by atoms with Gasteiger partial charge in [-0.2, -0.15) is 13.2 Å². The van der Waals surface area contributed by atoms with Crippen molar-refractivity contribution in [3.05, 3.63) is 78.4 Å². The molecule has 0 unspecified atom stereocenters. The van der Waals surface area contributed by atoms with Gasteiger partial charge in [-0.25, -0.2) is 9.97 Å². The number of carbonyl (C=O) groups is 1. The van der Waals surface area contributed by atoms with E-state index in [1.165, 1.54) is 18.2 Å². The summed E-state index contributed by atoms with van der Waals surface area (Å²) in [5.74, 6) is -0.668. The smallest absolute Gasteiger partial charge is 0.325 e. The fraction of sp³-hybridized carbons (Fsp3) is 0.0870. The Labute approximate surface area is 184 Å². The van der Waals surface area contributed by atoms with E-state index in [4.69, 9.17) is 4.98 Å². The summed E-state index contributed by atoms with van der Waals surface area (Å²) < 4.78 is 41.5. The summed E-state index contributed by atoms with van der Waals surface area (Å²) in [5.41, 5.74) is 1.91. The second kappa shape index (κ2) is 7.83. The standard InChI is InChI=1S/C23H15F3N4OS/c24-23(25,26)15-8-2-4-10-17(15)27-20(31)13-32-22-29-16-9-3-1-7-14(16)21-28-18-11-5-6-12-19(18)30(21)22/h1-12H,13H2,(H,27,31). The summed E-state index contributed by atoms with van der Waals surface area (Å²) in [6, 6.07) is 20.1. The van der Waals surface area contributed by atoms with E-state index in [1.54, 1.807) is 0 Å². The lowest BCUT2D eigenvalue weighted by atomic mass is 10.1. The topological polar surface area (TPSA) is 59.3 Å². The number of fused-ring (bicyclic) bond motifs is 5. The van der Waals surface area contributed by atoms with Crippen LogP contribution >= 0.6 is 11.8 Å². The van der Waals surface area contributed by atoms with E-state index in [-0.39, 0.29) is 11.4 Å². The molecule has 0 aliphatic rings. The summed E-state index contributed by atoms with van der Waals surface area (Å²) in [6.45, 7) is 0. The van der Waals surface area contributed by atoms with E-state index >= 15 is 0 Å². The molecule has 1 amide bonds. The molecule has 3 aromatic carbocycles. The van der Waals surface area contributed by atoms with Crippen molar-refractivity contribution in [1.29, 1.82) is 0 Å². The number of thioether (sulfide) groups is 1. The van der Waals surface area contributed by atoms with E-state index in [0.717, 1.165) is 39.8 Å². The number of amides is 1. The minimum absolute atomic E-state index is 0.112. The second-order valence-corrected chi connectivity index (χ2v) is 7.99. The molecule has 32 heavy (non-hydrogen) atoms. The monoisotopic (exact) mass is 452 g/mol. The second-order valence-electron chi connectivity index (χ2n) is 7.05. The van der Waals surface area contributed by atoms with Gasteiger partial charge < -0.3 is 5.32 Å². The fourth-order valence-corrected chi connectivity index (χ4v) is 4.38. The van der Waals surface area contributed by atoms with Crippen molar-refractivity contribution in [1.82, 2.24) is 14.4 Å². The van der Waals surface area contributed by atoms with Crippen LogP contribution in [0.1, 0.15) is 5.56 Å². The van der Waals surface area contributed by atoms with Gasteiger partial charge in [0.1, 0.15) is 5.65 Å². The maximum Gasteiger partial charge on any atom is 0.418 e. The minimum atomic E-state index is -4.56. The zero-order chi connectivity index (χ0) is 22.3. The van der Waals surface area contributed by atoms with Gasteiger partial charge in [0.25, 0.3) is 0 Å². The normalized spacial score (nSPS) is 12.0. The van der Waals surface area contributed by atoms with Crippen molar-refractivity contribution in [3.8, 4) is 0 Å². The highest BCUT2D eigenvalue weighted by Gasteiger charge is 2.33. The SMILES string of the molecule is O=C(CSc1nc2ccccc2c2nc3ccccc3n12)Nc1ccccc1C(F)(F)F. The predicted octanol–water partition coefficient (Wildman–Crippen LogP) is 5.79. The van der Waals surface area contributed by atoms with Crippen LogP contribution in [-0.2, 0) is 11.0 Å². The first-order valence-electron chi connectivity index (χ1n) is 9.66.